The summed E-state index contributed by atoms with van der Waals surface area (Å²) in [6.45, 7) is 4.15. The molecule has 1 amide bonds. The number of amides is 1. The summed E-state index contributed by atoms with van der Waals surface area (Å²) in [6, 6.07) is 14.6. The summed E-state index contributed by atoms with van der Waals surface area (Å²) in [6.07, 6.45) is 2.85. The molecule has 30 heavy (non-hydrogen) atoms. The number of carbonyl (C=O) groups is 1. The van der Waals surface area contributed by atoms with Crippen LogP contribution in [0, 0.1) is 5.82 Å². The number of halogens is 1. The molecule has 2 aromatic carbocycles. The Labute approximate surface area is 178 Å². The monoisotopic (exact) mass is 410 g/mol. The molecule has 0 aliphatic heterocycles. The molecule has 0 aromatic heterocycles. The van der Waals surface area contributed by atoms with Gasteiger partial charge in [0.25, 0.3) is 5.91 Å². The quantitative estimate of drug-likeness (QED) is 0.518. The topological polar surface area (TPSA) is 56.7 Å². The van der Waals surface area contributed by atoms with Crippen LogP contribution in [0.3, 0.4) is 0 Å². The maximum absolute atomic E-state index is 13.6. The van der Waals surface area contributed by atoms with Crippen LogP contribution in [-0.2, 0) is 11.8 Å². The molecule has 1 aliphatic rings. The van der Waals surface area contributed by atoms with Crippen molar-refractivity contribution in [3.05, 3.63) is 71.0 Å². The van der Waals surface area contributed by atoms with Crippen LogP contribution in [-0.4, -0.2) is 50.5 Å². The van der Waals surface area contributed by atoms with Gasteiger partial charge in [-0.2, -0.15) is 0 Å². The summed E-state index contributed by atoms with van der Waals surface area (Å²) in [5, 5.41) is 6.65. The second-order valence-corrected chi connectivity index (χ2v) is 8.06. The van der Waals surface area contributed by atoms with Crippen LogP contribution in [0.4, 0.5) is 4.39 Å². The predicted molar refractivity (Wildman–Crippen MR) is 119 cm³/mol. The number of benzene rings is 2. The third kappa shape index (κ3) is 5.59. The average molecular weight is 411 g/mol. The lowest BCUT2D eigenvalue weighted by atomic mass is 9.96. The lowest BCUT2D eigenvalue weighted by Gasteiger charge is -2.16. The molecule has 1 fully saturated rings. The zero-order chi connectivity index (χ0) is 21.6. The maximum atomic E-state index is 13.6. The van der Waals surface area contributed by atoms with E-state index >= 15 is 0 Å². The van der Waals surface area contributed by atoms with Crippen LogP contribution >= 0.6 is 0 Å². The second-order valence-electron chi connectivity index (χ2n) is 8.06. The summed E-state index contributed by atoms with van der Waals surface area (Å²) in [7, 11) is 3.51. The van der Waals surface area contributed by atoms with Crippen molar-refractivity contribution in [1.82, 2.24) is 15.5 Å². The Hall–Kier alpha value is -2.89. The predicted octanol–water partition coefficient (Wildman–Crippen LogP) is 3.36. The van der Waals surface area contributed by atoms with Gasteiger partial charge in [-0.1, -0.05) is 24.3 Å². The van der Waals surface area contributed by atoms with Crippen molar-refractivity contribution in [2.75, 3.05) is 33.7 Å². The van der Waals surface area contributed by atoms with E-state index in [-0.39, 0.29) is 17.1 Å². The van der Waals surface area contributed by atoms with E-state index in [4.69, 9.17) is 4.99 Å². The van der Waals surface area contributed by atoms with Crippen LogP contribution in [0.15, 0.2) is 53.5 Å². The molecule has 0 bridgehead atoms. The van der Waals surface area contributed by atoms with Gasteiger partial charge in [0.05, 0.1) is 6.54 Å². The first kappa shape index (κ1) is 21.8. The van der Waals surface area contributed by atoms with E-state index in [1.54, 1.807) is 31.1 Å². The smallest absolute Gasteiger partial charge is 0.253 e. The van der Waals surface area contributed by atoms with Gasteiger partial charge in [0.1, 0.15) is 5.82 Å². The number of aliphatic imine (C=N–C) groups is 1. The van der Waals surface area contributed by atoms with Gasteiger partial charge in [-0.25, -0.2) is 4.39 Å². The normalized spacial score (nSPS) is 14.9. The average Bonchev–Trinajstić information content (AvgIpc) is 3.53. The lowest BCUT2D eigenvalue weighted by molar-refractivity contribution is 0.0827. The number of rotatable bonds is 8. The lowest BCUT2D eigenvalue weighted by Crippen LogP contribution is -2.39. The van der Waals surface area contributed by atoms with Gasteiger partial charge in [-0.15, -0.1) is 0 Å². The molecule has 0 spiro atoms. The standard InChI is InChI=1S/C24H31FN4O/c1-4-26-23(28-17-24(12-13-24)20-9-6-10-21(25)16-20)27-14-11-18-7-5-8-19(15-18)22(30)29(2)3/h5-10,15-16H,4,11-14,17H2,1-3H3,(H2,26,27,28). The molecule has 160 valence electrons. The van der Waals surface area contributed by atoms with Crippen LogP contribution in [0.25, 0.3) is 0 Å². The molecule has 2 aromatic rings. The summed E-state index contributed by atoms with van der Waals surface area (Å²) in [5.41, 5.74) is 2.79. The molecule has 3 rings (SSSR count). The van der Waals surface area contributed by atoms with Crippen molar-refractivity contribution >= 4 is 11.9 Å². The zero-order valence-corrected chi connectivity index (χ0v) is 18.0. The zero-order valence-electron chi connectivity index (χ0n) is 18.0. The first-order chi connectivity index (χ1) is 14.4. The number of hydrogen-bond donors (Lipinski definition) is 2. The Morgan fingerprint density at radius 3 is 2.57 bits per heavy atom. The highest BCUT2D eigenvalue weighted by atomic mass is 19.1. The number of hydrogen-bond acceptors (Lipinski definition) is 2. The largest absolute Gasteiger partial charge is 0.357 e. The molecule has 1 saturated carbocycles. The molecule has 0 atom stereocenters. The van der Waals surface area contributed by atoms with Gasteiger partial charge in [0.15, 0.2) is 5.96 Å². The van der Waals surface area contributed by atoms with Gasteiger partial charge < -0.3 is 15.5 Å². The van der Waals surface area contributed by atoms with Gasteiger partial charge in [0, 0.05) is 38.2 Å². The second kappa shape index (κ2) is 9.74. The van der Waals surface area contributed by atoms with Crippen LogP contribution in [0.2, 0.25) is 0 Å². The first-order valence-corrected chi connectivity index (χ1v) is 10.5. The summed E-state index contributed by atoms with van der Waals surface area (Å²) >= 11 is 0. The fourth-order valence-corrected chi connectivity index (χ4v) is 3.52. The minimum Gasteiger partial charge on any atom is -0.357 e. The highest BCUT2D eigenvalue weighted by molar-refractivity contribution is 5.94. The minimum absolute atomic E-state index is 0.00629. The fourth-order valence-electron chi connectivity index (χ4n) is 3.52. The molecule has 6 heteroatoms. The third-order valence-electron chi connectivity index (χ3n) is 5.46. The Kier molecular flexibility index (Phi) is 7.08. The van der Waals surface area contributed by atoms with Gasteiger partial charge in [-0.05, 0) is 61.6 Å². The minimum atomic E-state index is -0.192. The SMILES string of the molecule is CCNC(=NCC1(c2cccc(F)c2)CC1)NCCc1cccc(C(=O)N(C)C)c1. The number of nitrogens with one attached hydrogen (secondary N) is 2. The Bertz CT molecular complexity index is 906. The molecule has 1 aliphatic carbocycles. The summed E-state index contributed by atoms with van der Waals surface area (Å²) in [4.78, 5) is 18.5. The molecule has 0 unspecified atom stereocenters. The number of carbonyl (C=O) groups excluding carboxylic acids is 1. The Morgan fingerprint density at radius 1 is 1.13 bits per heavy atom. The van der Waals surface area contributed by atoms with E-state index in [1.807, 2.05) is 37.3 Å². The van der Waals surface area contributed by atoms with Crippen LogP contribution < -0.4 is 10.6 Å². The highest BCUT2D eigenvalue weighted by Gasteiger charge is 2.44. The van der Waals surface area contributed by atoms with Crippen molar-refractivity contribution in [3.63, 3.8) is 0 Å². The van der Waals surface area contributed by atoms with Gasteiger partial charge in [-0.3, -0.25) is 9.79 Å². The Balaban J connectivity index is 1.59. The molecule has 0 saturated heterocycles. The summed E-state index contributed by atoms with van der Waals surface area (Å²) in [5.74, 6) is 0.579. The molecule has 0 radical (unpaired) electrons. The molecule has 2 N–H and O–H groups in total. The molecule has 5 nitrogen and oxygen atoms in total. The van der Waals surface area contributed by atoms with Crippen molar-refractivity contribution in [2.45, 2.75) is 31.6 Å². The van der Waals surface area contributed by atoms with E-state index in [1.165, 1.54) is 6.07 Å². The van der Waals surface area contributed by atoms with E-state index in [0.29, 0.717) is 18.7 Å². The molecular weight excluding hydrogens is 379 g/mol. The maximum Gasteiger partial charge on any atom is 0.253 e. The van der Waals surface area contributed by atoms with E-state index < -0.39 is 0 Å². The van der Waals surface area contributed by atoms with Crippen molar-refractivity contribution in [2.24, 2.45) is 4.99 Å². The highest BCUT2D eigenvalue weighted by Crippen LogP contribution is 2.48. The molecular formula is C24H31FN4O. The number of guanidine groups is 1. The van der Waals surface area contributed by atoms with E-state index in [2.05, 4.69) is 10.6 Å². The molecule has 0 heterocycles. The van der Waals surface area contributed by atoms with Crippen LogP contribution in [0.5, 0.6) is 0 Å². The summed E-state index contributed by atoms with van der Waals surface area (Å²) < 4.78 is 13.6. The van der Waals surface area contributed by atoms with Gasteiger partial charge in [0.2, 0.25) is 0 Å². The number of nitrogens with zero attached hydrogens (tertiary/aromatic N) is 2. The van der Waals surface area contributed by atoms with Crippen molar-refractivity contribution in [1.29, 1.82) is 0 Å². The first-order valence-electron chi connectivity index (χ1n) is 10.5. The van der Waals surface area contributed by atoms with Crippen LogP contribution in [0.1, 0.15) is 41.3 Å². The van der Waals surface area contributed by atoms with Crippen molar-refractivity contribution in [3.8, 4) is 0 Å². The fraction of sp³-hybridized carbons (Fsp3) is 0.417. The Morgan fingerprint density at radius 2 is 1.90 bits per heavy atom. The van der Waals surface area contributed by atoms with Crippen molar-refractivity contribution < 1.29 is 9.18 Å². The third-order valence-corrected chi connectivity index (χ3v) is 5.46. The van der Waals surface area contributed by atoms with E-state index in [9.17, 15) is 9.18 Å². The van der Waals surface area contributed by atoms with Gasteiger partial charge >= 0.3 is 0 Å². The van der Waals surface area contributed by atoms with E-state index in [0.717, 1.165) is 42.9 Å².